The van der Waals surface area contributed by atoms with Crippen molar-refractivity contribution in [2.75, 3.05) is 0 Å². The fraction of sp³-hybridized carbons (Fsp3) is 0. The summed E-state index contributed by atoms with van der Waals surface area (Å²) >= 11 is 0. The van der Waals surface area contributed by atoms with Crippen LogP contribution < -0.4 is 0 Å². The average molecular weight is 163 g/mol. The normalized spacial score (nSPS) is 10.4. The van der Waals surface area contributed by atoms with Crippen molar-refractivity contribution in [2.45, 2.75) is 0 Å². The zero-order chi connectivity index (χ0) is 8.55. The van der Waals surface area contributed by atoms with Crippen molar-refractivity contribution in [3.8, 4) is 0 Å². The molecule has 0 amide bonds. The smallest absolute Gasteiger partial charge is 0.219 e. The summed E-state index contributed by atoms with van der Waals surface area (Å²) in [5, 5.41) is 0. The molecule has 3 heteroatoms. The predicted molar refractivity (Wildman–Crippen MR) is 44.1 cm³/mol. The van der Waals surface area contributed by atoms with Crippen LogP contribution in [0.25, 0.3) is 17.2 Å². The minimum absolute atomic E-state index is 0.314. The quantitative estimate of drug-likeness (QED) is 0.645. The van der Waals surface area contributed by atoms with Gasteiger partial charge in [-0.15, -0.1) is 0 Å². The minimum atomic E-state index is -0.314. The largest absolute Gasteiger partial charge is 0.437 e. The fourth-order valence-electron chi connectivity index (χ4n) is 1.01. The Labute approximate surface area is 68.3 Å². The molecule has 2 aromatic rings. The molecule has 0 unspecified atom stereocenters. The Morgan fingerprint density at radius 2 is 2.33 bits per heavy atom. The molecule has 1 aromatic heterocycles. The summed E-state index contributed by atoms with van der Waals surface area (Å²) in [5.41, 5.74) is 1.09. The van der Waals surface area contributed by atoms with E-state index in [9.17, 15) is 4.39 Å². The van der Waals surface area contributed by atoms with E-state index in [2.05, 4.69) is 11.6 Å². The zero-order valence-corrected chi connectivity index (χ0v) is 6.25. The number of benzene rings is 1. The van der Waals surface area contributed by atoms with Crippen molar-refractivity contribution in [3.63, 3.8) is 0 Å². The van der Waals surface area contributed by atoms with Crippen molar-refractivity contribution in [3.05, 3.63) is 36.5 Å². The van der Waals surface area contributed by atoms with Gasteiger partial charge in [-0.25, -0.2) is 9.37 Å². The molecule has 0 fully saturated rings. The second-order valence-electron chi connectivity index (χ2n) is 2.37. The fourth-order valence-corrected chi connectivity index (χ4v) is 1.01. The third-order valence-corrected chi connectivity index (χ3v) is 1.54. The van der Waals surface area contributed by atoms with E-state index in [1.165, 1.54) is 18.2 Å². The average Bonchev–Trinajstić information content (AvgIpc) is 2.46. The number of oxazole rings is 1. The first-order chi connectivity index (χ1) is 5.79. The molecule has 1 aromatic carbocycles. The molecule has 0 saturated carbocycles. The predicted octanol–water partition coefficient (Wildman–Crippen LogP) is 2.61. The molecular formula is C9H6FNO. The van der Waals surface area contributed by atoms with Crippen molar-refractivity contribution >= 4 is 17.2 Å². The molecule has 0 aliphatic carbocycles. The lowest BCUT2D eigenvalue weighted by atomic mass is 10.3. The number of rotatable bonds is 1. The lowest BCUT2D eigenvalue weighted by Crippen LogP contribution is -1.72. The monoisotopic (exact) mass is 163 g/mol. The molecule has 0 aliphatic heterocycles. The highest BCUT2D eigenvalue weighted by atomic mass is 19.1. The van der Waals surface area contributed by atoms with E-state index in [0.717, 1.165) is 0 Å². The Morgan fingerprint density at radius 1 is 1.50 bits per heavy atom. The van der Waals surface area contributed by atoms with E-state index in [4.69, 9.17) is 4.42 Å². The van der Waals surface area contributed by atoms with Crippen molar-refractivity contribution in [1.29, 1.82) is 0 Å². The lowest BCUT2D eigenvalue weighted by Gasteiger charge is -1.84. The van der Waals surface area contributed by atoms with Gasteiger partial charge < -0.3 is 4.42 Å². The van der Waals surface area contributed by atoms with Gasteiger partial charge in [-0.2, -0.15) is 0 Å². The van der Waals surface area contributed by atoms with Gasteiger partial charge in [0.25, 0.3) is 0 Å². The van der Waals surface area contributed by atoms with Crippen LogP contribution in [0.1, 0.15) is 5.89 Å². The molecule has 0 aliphatic rings. The van der Waals surface area contributed by atoms with Crippen LogP contribution in [0.5, 0.6) is 0 Å². The minimum Gasteiger partial charge on any atom is -0.437 e. The number of aromatic nitrogens is 1. The molecule has 0 radical (unpaired) electrons. The van der Waals surface area contributed by atoms with Gasteiger partial charge in [0, 0.05) is 6.07 Å². The molecule has 2 rings (SSSR count). The van der Waals surface area contributed by atoms with Crippen LogP contribution in [0, 0.1) is 5.82 Å². The van der Waals surface area contributed by atoms with Crippen LogP contribution in [0.3, 0.4) is 0 Å². The zero-order valence-electron chi connectivity index (χ0n) is 6.25. The SMILES string of the molecule is C=Cc1nc2cc(F)ccc2o1. The molecule has 0 spiro atoms. The third kappa shape index (κ3) is 0.993. The van der Waals surface area contributed by atoms with Crippen LogP contribution in [-0.4, -0.2) is 4.98 Å². The Balaban J connectivity index is 2.75. The summed E-state index contributed by atoms with van der Waals surface area (Å²) in [6, 6.07) is 4.21. The van der Waals surface area contributed by atoms with Crippen LogP contribution in [0.2, 0.25) is 0 Å². The highest BCUT2D eigenvalue weighted by Gasteiger charge is 2.02. The van der Waals surface area contributed by atoms with Crippen molar-refractivity contribution in [1.82, 2.24) is 4.98 Å². The number of nitrogens with zero attached hydrogens (tertiary/aromatic N) is 1. The van der Waals surface area contributed by atoms with Gasteiger partial charge >= 0.3 is 0 Å². The standard InChI is InChI=1S/C9H6FNO/c1-2-9-11-7-5-6(10)3-4-8(7)12-9/h2-5H,1H2. The van der Waals surface area contributed by atoms with Gasteiger partial charge in [-0.3, -0.25) is 0 Å². The Bertz CT molecular complexity index is 433. The maximum Gasteiger partial charge on any atom is 0.219 e. The Morgan fingerprint density at radius 3 is 3.08 bits per heavy atom. The summed E-state index contributed by atoms with van der Waals surface area (Å²) in [7, 11) is 0. The van der Waals surface area contributed by atoms with Gasteiger partial charge in [0.05, 0.1) is 0 Å². The number of fused-ring (bicyclic) bond motifs is 1. The number of hydrogen-bond donors (Lipinski definition) is 0. The van der Waals surface area contributed by atoms with Gasteiger partial charge in [-0.05, 0) is 18.2 Å². The molecule has 0 N–H and O–H groups in total. The molecular weight excluding hydrogens is 157 g/mol. The van der Waals surface area contributed by atoms with Crippen LogP contribution in [0.4, 0.5) is 4.39 Å². The van der Waals surface area contributed by atoms with Crippen molar-refractivity contribution in [2.24, 2.45) is 0 Å². The van der Waals surface area contributed by atoms with E-state index < -0.39 is 0 Å². The maximum absolute atomic E-state index is 12.6. The third-order valence-electron chi connectivity index (χ3n) is 1.54. The highest BCUT2D eigenvalue weighted by Crippen LogP contribution is 2.16. The molecule has 0 bridgehead atoms. The first-order valence-electron chi connectivity index (χ1n) is 3.48. The lowest BCUT2D eigenvalue weighted by molar-refractivity contribution is 0.588. The summed E-state index contributed by atoms with van der Waals surface area (Å²) in [5.74, 6) is 0.0991. The molecule has 0 atom stereocenters. The summed E-state index contributed by atoms with van der Waals surface area (Å²) in [6.07, 6.45) is 1.48. The number of hydrogen-bond acceptors (Lipinski definition) is 2. The molecule has 1 heterocycles. The highest BCUT2D eigenvalue weighted by molar-refractivity contribution is 5.73. The summed E-state index contributed by atoms with van der Waals surface area (Å²) in [6.45, 7) is 3.50. The van der Waals surface area contributed by atoms with E-state index >= 15 is 0 Å². The van der Waals surface area contributed by atoms with Gasteiger partial charge in [0.2, 0.25) is 5.89 Å². The van der Waals surface area contributed by atoms with E-state index in [-0.39, 0.29) is 5.82 Å². The maximum atomic E-state index is 12.6. The van der Waals surface area contributed by atoms with E-state index in [0.29, 0.717) is 17.0 Å². The second kappa shape index (κ2) is 2.44. The topological polar surface area (TPSA) is 26.0 Å². The summed E-state index contributed by atoms with van der Waals surface area (Å²) in [4.78, 5) is 3.97. The molecule has 12 heavy (non-hydrogen) atoms. The first kappa shape index (κ1) is 7.03. The molecule has 2 nitrogen and oxygen atoms in total. The van der Waals surface area contributed by atoms with Gasteiger partial charge in [0.1, 0.15) is 11.3 Å². The Hall–Kier alpha value is -1.64. The van der Waals surface area contributed by atoms with Crippen molar-refractivity contribution < 1.29 is 8.81 Å². The first-order valence-corrected chi connectivity index (χ1v) is 3.48. The molecule has 0 saturated heterocycles. The number of halogens is 1. The van der Waals surface area contributed by atoms with Gasteiger partial charge in [-0.1, -0.05) is 6.58 Å². The van der Waals surface area contributed by atoms with Crippen LogP contribution >= 0.6 is 0 Å². The van der Waals surface area contributed by atoms with Crippen LogP contribution in [0.15, 0.2) is 29.2 Å². The second-order valence-corrected chi connectivity index (χ2v) is 2.37. The van der Waals surface area contributed by atoms with E-state index in [1.807, 2.05) is 0 Å². The van der Waals surface area contributed by atoms with E-state index in [1.54, 1.807) is 6.07 Å². The van der Waals surface area contributed by atoms with Gasteiger partial charge in [0.15, 0.2) is 5.58 Å². The summed E-state index contributed by atoms with van der Waals surface area (Å²) < 4.78 is 17.8. The Kier molecular flexibility index (Phi) is 1.43. The molecule has 60 valence electrons. The van der Waals surface area contributed by atoms with Crippen LogP contribution in [-0.2, 0) is 0 Å².